The summed E-state index contributed by atoms with van der Waals surface area (Å²) in [6.07, 6.45) is 11.4. The van der Waals surface area contributed by atoms with E-state index >= 15 is 0 Å². The molecule has 1 atom stereocenters. The van der Waals surface area contributed by atoms with Gasteiger partial charge in [-0.2, -0.15) is 0 Å². The van der Waals surface area contributed by atoms with Crippen molar-refractivity contribution in [3.8, 4) is 5.75 Å². The van der Waals surface area contributed by atoms with E-state index in [1.165, 1.54) is 50.5 Å². The molecule has 5 nitrogen and oxygen atoms in total. The van der Waals surface area contributed by atoms with Gasteiger partial charge in [0.2, 0.25) is 0 Å². The summed E-state index contributed by atoms with van der Waals surface area (Å²) in [7, 11) is 1.68. The number of methoxy groups -OCH3 is 1. The summed E-state index contributed by atoms with van der Waals surface area (Å²) < 4.78 is 5.26. The van der Waals surface area contributed by atoms with Crippen molar-refractivity contribution >= 4 is 6.03 Å². The van der Waals surface area contributed by atoms with E-state index in [9.17, 15) is 4.79 Å². The third kappa shape index (κ3) is 4.99. The van der Waals surface area contributed by atoms with Gasteiger partial charge in [-0.1, -0.05) is 31.4 Å². The number of nitrogens with zero attached hydrogens (tertiary/aromatic N) is 1. The van der Waals surface area contributed by atoms with E-state index in [-0.39, 0.29) is 12.1 Å². The Kier molecular flexibility index (Phi) is 6.40. The van der Waals surface area contributed by atoms with Crippen molar-refractivity contribution in [1.29, 1.82) is 0 Å². The Morgan fingerprint density at radius 1 is 1.00 bits per heavy atom. The van der Waals surface area contributed by atoms with Gasteiger partial charge >= 0.3 is 6.03 Å². The number of carbonyl (C=O) groups excluding carboxylic acids is 1. The molecule has 2 aliphatic carbocycles. The monoisotopic (exact) mass is 385 g/mol. The smallest absolute Gasteiger partial charge is 0.315 e. The zero-order valence-corrected chi connectivity index (χ0v) is 17.2. The van der Waals surface area contributed by atoms with Crippen molar-refractivity contribution in [3.63, 3.8) is 0 Å². The van der Waals surface area contributed by atoms with Gasteiger partial charge in [-0.25, -0.2) is 4.79 Å². The standard InChI is InChI=1S/C23H35N3O2/c1-28-21-11-9-18(10-12-21)22(17-7-8-17)25-23(27)24-19-13-15-26(16-14-19)20-5-3-2-4-6-20/h9-12,17,19-20,22H,2-8,13-16H2,1H3,(H2,24,25,27). The van der Waals surface area contributed by atoms with E-state index < -0.39 is 0 Å². The topological polar surface area (TPSA) is 53.6 Å². The number of nitrogens with one attached hydrogen (secondary N) is 2. The van der Waals surface area contributed by atoms with E-state index in [4.69, 9.17) is 4.74 Å². The van der Waals surface area contributed by atoms with Crippen LogP contribution in [0.4, 0.5) is 4.79 Å². The molecule has 1 saturated heterocycles. The van der Waals surface area contributed by atoms with Crippen molar-refractivity contribution in [3.05, 3.63) is 29.8 Å². The van der Waals surface area contributed by atoms with Crippen LogP contribution >= 0.6 is 0 Å². The fourth-order valence-electron chi connectivity index (χ4n) is 4.94. The van der Waals surface area contributed by atoms with Gasteiger partial charge in [-0.05, 0) is 62.1 Å². The molecule has 1 heterocycles. The van der Waals surface area contributed by atoms with Crippen LogP contribution in [-0.2, 0) is 0 Å². The van der Waals surface area contributed by atoms with Crippen LogP contribution < -0.4 is 15.4 Å². The maximum Gasteiger partial charge on any atom is 0.315 e. The highest BCUT2D eigenvalue weighted by molar-refractivity contribution is 5.75. The molecule has 4 rings (SSSR count). The van der Waals surface area contributed by atoms with Crippen LogP contribution in [0.3, 0.4) is 0 Å². The normalized spacial score (nSPS) is 23.2. The first-order valence-electron chi connectivity index (χ1n) is 11.2. The molecule has 3 aliphatic rings. The summed E-state index contributed by atoms with van der Waals surface area (Å²) in [5.74, 6) is 1.42. The van der Waals surface area contributed by atoms with Crippen LogP contribution in [0, 0.1) is 5.92 Å². The Labute approximate surface area is 169 Å². The molecule has 2 saturated carbocycles. The van der Waals surface area contributed by atoms with Crippen molar-refractivity contribution in [2.75, 3.05) is 20.2 Å². The van der Waals surface area contributed by atoms with Crippen LogP contribution in [0.1, 0.15) is 69.4 Å². The molecule has 0 bridgehead atoms. The maximum atomic E-state index is 12.7. The van der Waals surface area contributed by atoms with Gasteiger partial charge in [0, 0.05) is 25.2 Å². The molecule has 1 unspecified atom stereocenters. The van der Waals surface area contributed by atoms with Crippen molar-refractivity contribution in [2.24, 2.45) is 5.92 Å². The number of ether oxygens (including phenoxy) is 1. The number of urea groups is 1. The minimum absolute atomic E-state index is 0.0103. The SMILES string of the molecule is COc1ccc(C(NC(=O)NC2CCN(C3CCCCC3)CC2)C2CC2)cc1. The second-order valence-electron chi connectivity index (χ2n) is 8.81. The predicted octanol–water partition coefficient (Wildman–Crippen LogP) is 4.24. The Hall–Kier alpha value is -1.75. The first kappa shape index (κ1) is 19.6. The Morgan fingerprint density at radius 2 is 1.68 bits per heavy atom. The summed E-state index contributed by atoms with van der Waals surface area (Å²) in [5, 5.41) is 6.50. The van der Waals surface area contributed by atoms with Crippen LogP contribution in [0.15, 0.2) is 24.3 Å². The molecular weight excluding hydrogens is 350 g/mol. The molecule has 1 aromatic carbocycles. The quantitative estimate of drug-likeness (QED) is 0.770. The predicted molar refractivity (Wildman–Crippen MR) is 112 cm³/mol. The number of benzene rings is 1. The van der Waals surface area contributed by atoms with Gasteiger partial charge in [-0.15, -0.1) is 0 Å². The van der Waals surface area contributed by atoms with Gasteiger partial charge in [0.25, 0.3) is 0 Å². The minimum atomic E-state index is -0.0103. The molecule has 0 radical (unpaired) electrons. The van der Waals surface area contributed by atoms with Crippen molar-refractivity contribution in [2.45, 2.75) is 75.9 Å². The highest BCUT2D eigenvalue weighted by Crippen LogP contribution is 2.41. The second kappa shape index (κ2) is 9.17. The molecule has 28 heavy (non-hydrogen) atoms. The molecule has 0 aromatic heterocycles. The van der Waals surface area contributed by atoms with E-state index in [1.807, 2.05) is 12.1 Å². The van der Waals surface area contributed by atoms with Crippen LogP contribution in [0.25, 0.3) is 0 Å². The van der Waals surface area contributed by atoms with E-state index in [1.54, 1.807) is 7.11 Å². The van der Waals surface area contributed by atoms with E-state index in [0.717, 1.165) is 37.7 Å². The summed E-state index contributed by atoms with van der Waals surface area (Å²) in [6.45, 7) is 2.25. The van der Waals surface area contributed by atoms with Crippen LogP contribution in [0.5, 0.6) is 5.75 Å². The molecule has 5 heteroatoms. The molecule has 2 amide bonds. The zero-order chi connectivity index (χ0) is 19.3. The fourth-order valence-corrected chi connectivity index (χ4v) is 4.94. The lowest BCUT2D eigenvalue weighted by Gasteiger charge is -2.39. The minimum Gasteiger partial charge on any atom is -0.497 e. The van der Waals surface area contributed by atoms with Crippen LogP contribution in [-0.4, -0.2) is 43.2 Å². The lowest BCUT2D eigenvalue weighted by atomic mass is 9.92. The first-order valence-corrected chi connectivity index (χ1v) is 11.2. The number of amides is 2. The first-order chi connectivity index (χ1) is 13.7. The molecule has 3 fully saturated rings. The Morgan fingerprint density at radius 3 is 2.29 bits per heavy atom. The fraction of sp³-hybridized carbons (Fsp3) is 0.696. The average Bonchev–Trinajstić information content (AvgIpc) is 3.59. The Bertz CT molecular complexity index is 630. The maximum absolute atomic E-state index is 12.7. The molecule has 2 N–H and O–H groups in total. The van der Waals surface area contributed by atoms with Gasteiger partial charge in [0.05, 0.1) is 13.2 Å². The summed E-state index contributed by atoms with van der Waals surface area (Å²) >= 11 is 0. The van der Waals surface area contributed by atoms with E-state index in [2.05, 4.69) is 27.7 Å². The van der Waals surface area contributed by atoms with Crippen molar-refractivity contribution in [1.82, 2.24) is 15.5 Å². The Balaban J connectivity index is 1.26. The molecule has 0 spiro atoms. The second-order valence-corrected chi connectivity index (χ2v) is 8.81. The number of hydrogen-bond acceptors (Lipinski definition) is 3. The van der Waals surface area contributed by atoms with Gasteiger partial charge in [0.1, 0.15) is 5.75 Å². The van der Waals surface area contributed by atoms with Gasteiger partial charge in [0.15, 0.2) is 0 Å². The largest absolute Gasteiger partial charge is 0.497 e. The highest BCUT2D eigenvalue weighted by Gasteiger charge is 2.34. The summed E-state index contributed by atoms with van der Waals surface area (Å²) in [4.78, 5) is 15.3. The van der Waals surface area contributed by atoms with E-state index in [0.29, 0.717) is 12.0 Å². The number of piperidine rings is 1. The number of likely N-dealkylation sites (tertiary alicyclic amines) is 1. The lowest BCUT2D eigenvalue weighted by molar-refractivity contribution is 0.117. The molecule has 1 aliphatic heterocycles. The zero-order valence-electron chi connectivity index (χ0n) is 17.2. The van der Waals surface area contributed by atoms with Gasteiger partial charge < -0.3 is 20.3 Å². The molecule has 154 valence electrons. The van der Waals surface area contributed by atoms with Crippen LogP contribution in [0.2, 0.25) is 0 Å². The number of hydrogen-bond donors (Lipinski definition) is 2. The average molecular weight is 386 g/mol. The van der Waals surface area contributed by atoms with Gasteiger partial charge in [-0.3, -0.25) is 0 Å². The number of carbonyl (C=O) groups is 1. The summed E-state index contributed by atoms with van der Waals surface area (Å²) in [6, 6.07) is 9.29. The lowest BCUT2D eigenvalue weighted by Crippen LogP contribution is -2.50. The molecular formula is C23H35N3O2. The third-order valence-corrected chi connectivity index (χ3v) is 6.81. The number of rotatable bonds is 6. The summed E-state index contributed by atoms with van der Waals surface area (Å²) in [5.41, 5.74) is 1.17. The third-order valence-electron chi connectivity index (χ3n) is 6.81. The molecule has 1 aromatic rings. The highest BCUT2D eigenvalue weighted by atomic mass is 16.5. The van der Waals surface area contributed by atoms with Crippen molar-refractivity contribution < 1.29 is 9.53 Å².